The highest BCUT2D eigenvalue weighted by Gasteiger charge is 2.02. The van der Waals surface area contributed by atoms with Crippen LogP contribution < -0.4 is 10.6 Å². The molecule has 0 unspecified atom stereocenters. The lowest BCUT2D eigenvalue weighted by Crippen LogP contribution is -2.27. The van der Waals surface area contributed by atoms with Crippen molar-refractivity contribution in [3.63, 3.8) is 0 Å². The van der Waals surface area contributed by atoms with E-state index in [2.05, 4.69) is 16.7 Å². The van der Waals surface area contributed by atoms with Gasteiger partial charge >= 0.3 is 0 Å². The summed E-state index contributed by atoms with van der Waals surface area (Å²) in [6.45, 7) is 3.92. The molecule has 2 rings (SSSR count). The van der Waals surface area contributed by atoms with E-state index in [1.54, 1.807) is 6.26 Å². The van der Waals surface area contributed by atoms with Gasteiger partial charge in [0.1, 0.15) is 5.76 Å². The van der Waals surface area contributed by atoms with Gasteiger partial charge in [-0.05, 0) is 24.6 Å². The van der Waals surface area contributed by atoms with E-state index in [-0.39, 0.29) is 5.91 Å². The first-order valence-corrected chi connectivity index (χ1v) is 6.79. The van der Waals surface area contributed by atoms with Gasteiger partial charge in [0.25, 0.3) is 0 Å². The number of hydrogen-bond acceptors (Lipinski definition) is 3. The van der Waals surface area contributed by atoms with Gasteiger partial charge in [-0.25, -0.2) is 0 Å². The molecule has 0 saturated heterocycles. The minimum Gasteiger partial charge on any atom is -0.468 e. The van der Waals surface area contributed by atoms with Gasteiger partial charge in [0, 0.05) is 19.5 Å². The SMILES string of the molecule is Cc1cccc(CNC(=O)CCNCc2ccco2)c1. The number of benzene rings is 1. The molecule has 1 amide bonds. The van der Waals surface area contributed by atoms with Crippen LogP contribution in [0.4, 0.5) is 0 Å². The first-order valence-electron chi connectivity index (χ1n) is 6.79. The zero-order valence-corrected chi connectivity index (χ0v) is 11.7. The molecule has 0 aliphatic carbocycles. The maximum Gasteiger partial charge on any atom is 0.221 e. The fourth-order valence-corrected chi connectivity index (χ4v) is 1.94. The highest BCUT2D eigenvalue weighted by Crippen LogP contribution is 2.03. The van der Waals surface area contributed by atoms with E-state index in [1.165, 1.54) is 5.56 Å². The van der Waals surface area contributed by atoms with Gasteiger partial charge in [-0.2, -0.15) is 0 Å². The topological polar surface area (TPSA) is 54.3 Å². The zero-order valence-electron chi connectivity index (χ0n) is 11.7. The van der Waals surface area contributed by atoms with Crippen LogP contribution in [-0.4, -0.2) is 12.5 Å². The molecule has 1 aromatic carbocycles. The summed E-state index contributed by atoms with van der Waals surface area (Å²) in [5, 5.41) is 6.09. The smallest absolute Gasteiger partial charge is 0.221 e. The summed E-state index contributed by atoms with van der Waals surface area (Å²) in [5.74, 6) is 0.934. The summed E-state index contributed by atoms with van der Waals surface area (Å²) >= 11 is 0. The Morgan fingerprint density at radius 3 is 2.85 bits per heavy atom. The van der Waals surface area contributed by atoms with Crippen molar-refractivity contribution < 1.29 is 9.21 Å². The average molecular weight is 272 g/mol. The van der Waals surface area contributed by atoms with Crippen molar-refractivity contribution in [1.82, 2.24) is 10.6 Å². The van der Waals surface area contributed by atoms with Gasteiger partial charge in [0.05, 0.1) is 12.8 Å². The van der Waals surface area contributed by atoms with Gasteiger partial charge in [0.15, 0.2) is 0 Å². The Bertz CT molecular complexity index is 535. The monoisotopic (exact) mass is 272 g/mol. The Morgan fingerprint density at radius 1 is 1.20 bits per heavy atom. The van der Waals surface area contributed by atoms with Crippen molar-refractivity contribution >= 4 is 5.91 Å². The number of carbonyl (C=O) groups is 1. The summed E-state index contributed by atoms with van der Waals surface area (Å²) in [4.78, 5) is 11.7. The fraction of sp³-hybridized carbons (Fsp3) is 0.312. The minimum atomic E-state index is 0.0541. The summed E-state index contributed by atoms with van der Waals surface area (Å²) in [6, 6.07) is 11.9. The van der Waals surface area contributed by atoms with Gasteiger partial charge in [-0.15, -0.1) is 0 Å². The standard InChI is InChI=1S/C16H20N2O2/c1-13-4-2-5-14(10-13)11-18-16(19)7-8-17-12-15-6-3-9-20-15/h2-6,9-10,17H,7-8,11-12H2,1H3,(H,18,19). The first kappa shape index (κ1) is 14.3. The molecule has 0 aliphatic heterocycles. The molecule has 4 nitrogen and oxygen atoms in total. The number of carbonyl (C=O) groups excluding carboxylic acids is 1. The maximum absolute atomic E-state index is 11.7. The van der Waals surface area contributed by atoms with E-state index in [4.69, 9.17) is 4.42 Å². The van der Waals surface area contributed by atoms with Crippen LogP contribution in [0.15, 0.2) is 47.1 Å². The van der Waals surface area contributed by atoms with Crippen LogP contribution in [0.1, 0.15) is 23.3 Å². The molecule has 4 heteroatoms. The van der Waals surface area contributed by atoms with Crippen LogP contribution in [-0.2, 0) is 17.9 Å². The van der Waals surface area contributed by atoms with Crippen molar-refractivity contribution in [2.45, 2.75) is 26.4 Å². The normalized spacial score (nSPS) is 10.4. The quantitative estimate of drug-likeness (QED) is 0.761. The molecular weight excluding hydrogens is 252 g/mol. The Balaban J connectivity index is 1.61. The third kappa shape index (κ3) is 4.90. The second-order valence-corrected chi connectivity index (χ2v) is 4.77. The number of aryl methyl sites for hydroxylation is 1. The Morgan fingerprint density at radius 2 is 2.10 bits per heavy atom. The predicted octanol–water partition coefficient (Wildman–Crippen LogP) is 2.38. The molecule has 2 aromatic rings. The van der Waals surface area contributed by atoms with Crippen LogP contribution in [0, 0.1) is 6.92 Å². The number of hydrogen-bond donors (Lipinski definition) is 2. The second kappa shape index (κ2) is 7.50. The fourth-order valence-electron chi connectivity index (χ4n) is 1.94. The average Bonchev–Trinajstić information content (AvgIpc) is 2.95. The van der Waals surface area contributed by atoms with E-state index >= 15 is 0 Å². The molecule has 0 saturated carbocycles. The molecular formula is C16H20N2O2. The van der Waals surface area contributed by atoms with Crippen molar-refractivity contribution in [3.8, 4) is 0 Å². The van der Waals surface area contributed by atoms with E-state index in [9.17, 15) is 4.79 Å². The van der Waals surface area contributed by atoms with E-state index in [0.717, 1.165) is 11.3 Å². The lowest BCUT2D eigenvalue weighted by atomic mass is 10.1. The molecule has 20 heavy (non-hydrogen) atoms. The van der Waals surface area contributed by atoms with Crippen molar-refractivity contribution in [1.29, 1.82) is 0 Å². The van der Waals surface area contributed by atoms with Crippen LogP contribution >= 0.6 is 0 Å². The minimum absolute atomic E-state index is 0.0541. The van der Waals surface area contributed by atoms with Gasteiger partial charge < -0.3 is 15.1 Å². The molecule has 0 spiro atoms. The van der Waals surface area contributed by atoms with Gasteiger partial charge in [-0.1, -0.05) is 29.8 Å². The summed E-state index contributed by atoms with van der Waals surface area (Å²) in [5.41, 5.74) is 2.33. The van der Waals surface area contributed by atoms with Crippen LogP contribution in [0.2, 0.25) is 0 Å². The van der Waals surface area contributed by atoms with Crippen molar-refractivity contribution in [2.24, 2.45) is 0 Å². The molecule has 0 fully saturated rings. The number of rotatable bonds is 7. The third-order valence-electron chi connectivity index (χ3n) is 2.98. The highest BCUT2D eigenvalue weighted by atomic mass is 16.3. The zero-order chi connectivity index (χ0) is 14.2. The summed E-state index contributed by atoms with van der Waals surface area (Å²) in [7, 11) is 0. The highest BCUT2D eigenvalue weighted by molar-refractivity contribution is 5.76. The Hall–Kier alpha value is -2.07. The van der Waals surface area contributed by atoms with E-state index < -0.39 is 0 Å². The molecule has 1 heterocycles. The number of nitrogens with one attached hydrogen (secondary N) is 2. The van der Waals surface area contributed by atoms with Crippen molar-refractivity contribution in [2.75, 3.05) is 6.54 Å². The van der Waals surface area contributed by atoms with Crippen LogP contribution in [0.5, 0.6) is 0 Å². The molecule has 0 atom stereocenters. The van der Waals surface area contributed by atoms with Gasteiger partial charge in [-0.3, -0.25) is 4.79 Å². The van der Waals surface area contributed by atoms with Crippen LogP contribution in [0.25, 0.3) is 0 Å². The lowest BCUT2D eigenvalue weighted by Gasteiger charge is -2.06. The molecule has 1 aromatic heterocycles. The van der Waals surface area contributed by atoms with Crippen LogP contribution in [0.3, 0.4) is 0 Å². The Labute approximate surface area is 119 Å². The maximum atomic E-state index is 11.7. The molecule has 0 radical (unpaired) electrons. The van der Waals surface area contributed by atoms with Crippen molar-refractivity contribution in [3.05, 3.63) is 59.5 Å². The molecule has 2 N–H and O–H groups in total. The first-order chi connectivity index (χ1) is 9.74. The Kier molecular flexibility index (Phi) is 5.38. The van der Waals surface area contributed by atoms with Gasteiger partial charge in [0.2, 0.25) is 5.91 Å². The predicted molar refractivity (Wildman–Crippen MR) is 78.1 cm³/mol. The number of amides is 1. The van der Waals surface area contributed by atoms with E-state index in [0.29, 0.717) is 26.1 Å². The largest absolute Gasteiger partial charge is 0.468 e. The lowest BCUT2D eigenvalue weighted by molar-refractivity contribution is -0.121. The molecule has 106 valence electrons. The second-order valence-electron chi connectivity index (χ2n) is 4.77. The summed E-state index contributed by atoms with van der Waals surface area (Å²) < 4.78 is 5.19. The molecule has 0 bridgehead atoms. The number of furan rings is 1. The van der Waals surface area contributed by atoms with E-state index in [1.807, 2.05) is 37.3 Å². The summed E-state index contributed by atoms with van der Waals surface area (Å²) in [6.07, 6.45) is 2.11. The third-order valence-corrected chi connectivity index (χ3v) is 2.98. The molecule has 0 aliphatic rings.